The van der Waals surface area contributed by atoms with Gasteiger partial charge >= 0.3 is 11.9 Å². The molecule has 0 bridgehead atoms. The van der Waals surface area contributed by atoms with Crippen LogP contribution in [0.15, 0.2) is 0 Å². The van der Waals surface area contributed by atoms with E-state index < -0.39 is 47.2 Å². The number of nitrogens with two attached hydrogens (primary N) is 1. The van der Waals surface area contributed by atoms with Crippen molar-refractivity contribution >= 4 is 29.3 Å². The Labute approximate surface area is 107 Å². The van der Waals surface area contributed by atoms with Crippen molar-refractivity contribution in [3.8, 4) is 0 Å². The molecule has 1 aliphatic rings. The summed E-state index contributed by atoms with van der Waals surface area (Å²) < 4.78 is 0. The van der Waals surface area contributed by atoms with E-state index in [1.54, 1.807) is 0 Å². The van der Waals surface area contributed by atoms with E-state index >= 15 is 0 Å². The molecule has 0 aromatic carbocycles. The van der Waals surface area contributed by atoms with Crippen molar-refractivity contribution in [2.75, 3.05) is 0 Å². The molecule has 19 heavy (non-hydrogen) atoms. The van der Waals surface area contributed by atoms with Gasteiger partial charge in [-0.05, 0) is 6.42 Å². The summed E-state index contributed by atoms with van der Waals surface area (Å²) in [7, 11) is 0. The van der Waals surface area contributed by atoms with Crippen LogP contribution in [0, 0.1) is 5.92 Å². The van der Waals surface area contributed by atoms with Gasteiger partial charge < -0.3 is 15.9 Å². The second-order valence-electron chi connectivity index (χ2n) is 4.38. The average molecular weight is 271 g/mol. The Hall–Kier alpha value is -2.09. The smallest absolute Gasteiger partial charge is 0.374 e. The molecular weight excluding hydrogens is 258 g/mol. The Morgan fingerprint density at radius 1 is 1.21 bits per heavy atom. The molecule has 1 saturated carbocycles. The standard InChI is InChI=1S/C11H13NO7/c12-11(9(17)10(18)19)5(1-4-8(15)16)6(13)2-3-7(11)14/h5H,1-4,12H2,(H,15,16)(H,18,19). The van der Waals surface area contributed by atoms with Gasteiger partial charge in [0.05, 0.1) is 5.92 Å². The molecule has 1 fully saturated rings. The number of Topliss-reactive ketones (excluding diaryl/α,β-unsaturated/α-hetero) is 3. The molecule has 1 rings (SSSR count). The van der Waals surface area contributed by atoms with Gasteiger partial charge in [0.2, 0.25) is 0 Å². The first kappa shape index (κ1) is 15.0. The highest BCUT2D eigenvalue weighted by atomic mass is 16.4. The largest absolute Gasteiger partial charge is 0.481 e. The first-order chi connectivity index (χ1) is 8.71. The van der Waals surface area contributed by atoms with Crippen LogP contribution in [0.4, 0.5) is 0 Å². The number of carboxylic acid groups (broad SMARTS) is 2. The number of ketones is 3. The van der Waals surface area contributed by atoms with Crippen molar-refractivity contribution in [3.63, 3.8) is 0 Å². The molecule has 0 amide bonds. The van der Waals surface area contributed by atoms with Crippen molar-refractivity contribution in [3.05, 3.63) is 0 Å². The van der Waals surface area contributed by atoms with E-state index in [4.69, 9.17) is 15.9 Å². The molecular formula is C11H13NO7. The van der Waals surface area contributed by atoms with Crippen molar-refractivity contribution in [1.29, 1.82) is 0 Å². The third-order valence-corrected chi connectivity index (χ3v) is 3.22. The van der Waals surface area contributed by atoms with Crippen LogP contribution in [-0.2, 0) is 24.0 Å². The van der Waals surface area contributed by atoms with Crippen molar-refractivity contribution in [2.24, 2.45) is 11.7 Å². The van der Waals surface area contributed by atoms with E-state index in [1.807, 2.05) is 0 Å². The zero-order chi connectivity index (χ0) is 14.8. The summed E-state index contributed by atoms with van der Waals surface area (Å²) in [6.07, 6.45) is -1.28. The fourth-order valence-corrected chi connectivity index (χ4v) is 2.18. The summed E-state index contributed by atoms with van der Waals surface area (Å²) in [4.78, 5) is 56.3. The van der Waals surface area contributed by atoms with Crippen molar-refractivity contribution < 1.29 is 34.2 Å². The van der Waals surface area contributed by atoms with Crippen LogP contribution in [0.1, 0.15) is 25.7 Å². The van der Waals surface area contributed by atoms with Crippen LogP contribution in [0.25, 0.3) is 0 Å². The summed E-state index contributed by atoms with van der Waals surface area (Å²) in [5.74, 6) is -7.50. The number of aliphatic carboxylic acids is 2. The van der Waals surface area contributed by atoms with Crippen molar-refractivity contribution in [1.82, 2.24) is 0 Å². The quantitative estimate of drug-likeness (QED) is 0.414. The van der Waals surface area contributed by atoms with E-state index in [2.05, 4.69) is 0 Å². The fraction of sp³-hybridized carbons (Fsp3) is 0.545. The highest BCUT2D eigenvalue weighted by Crippen LogP contribution is 2.31. The molecule has 0 radical (unpaired) electrons. The van der Waals surface area contributed by atoms with Gasteiger partial charge in [-0.3, -0.25) is 19.2 Å². The third kappa shape index (κ3) is 2.68. The van der Waals surface area contributed by atoms with Crippen LogP contribution in [0.3, 0.4) is 0 Å². The molecule has 2 atom stereocenters. The molecule has 8 heteroatoms. The van der Waals surface area contributed by atoms with E-state index in [9.17, 15) is 24.0 Å². The summed E-state index contributed by atoms with van der Waals surface area (Å²) in [5.41, 5.74) is 3.13. The fourth-order valence-electron chi connectivity index (χ4n) is 2.18. The summed E-state index contributed by atoms with van der Waals surface area (Å²) in [6, 6.07) is 0. The maximum atomic E-state index is 11.8. The van der Waals surface area contributed by atoms with Crippen LogP contribution < -0.4 is 5.73 Å². The number of carbonyl (C=O) groups excluding carboxylic acids is 3. The van der Waals surface area contributed by atoms with E-state index in [1.165, 1.54) is 0 Å². The van der Waals surface area contributed by atoms with Gasteiger partial charge in [-0.2, -0.15) is 0 Å². The predicted octanol–water partition coefficient (Wildman–Crippen LogP) is -1.25. The van der Waals surface area contributed by atoms with Crippen LogP contribution in [0.2, 0.25) is 0 Å². The molecule has 0 aliphatic heterocycles. The lowest BCUT2D eigenvalue weighted by Crippen LogP contribution is -2.66. The monoisotopic (exact) mass is 271 g/mol. The topological polar surface area (TPSA) is 152 Å². The molecule has 2 unspecified atom stereocenters. The number of rotatable bonds is 5. The normalized spacial score (nSPS) is 27.1. The Bertz CT molecular complexity index is 470. The molecule has 8 nitrogen and oxygen atoms in total. The maximum absolute atomic E-state index is 11.8. The Balaban J connectivity index is 3.14. The van der Waals surface area contributed by atoms with E-state index in [-0.39, 0.29) is 19.3 Å². The Kier molecular flexibility index (Phi) is 4.15. The van der Waals surface area contributed by atoms with Gasteiger partial charge in [0.25, 0.3) is 5.78 Å². The first-order valence-corrected chi connectivity index (χ1v) is 5.55. The second kappa shape index (κ2) is 5.27. The Morgan fingerprint density at radius 2 is 1.79 bits per heavy atom. The van der Waals surface area contributed by atoms with Crippen molar-refractivity contribution in [2.45, 2.75) is 31.2 Å². The average Bonchev–Trinajstić information content (AvgIpc) is 2.32. The SMILES string of the molecule is NC1(C(=O)C(=O)O)C(=O)CCC(=O)C1CCC(=O)O. The maximum Gasteiger partial charge on any atom is 0.374 e. The molecule has 4 N–H and O–H groups in total. The van der Waals surface area contributed by atoms with Gasteiger partial charge in [0.15, 0.2) is 11.3 Å². The zero-order valence-electron chi connectivity index (χ0n) is 9.92. The molecule has 0 aromatic heterocycles. The zero-order valence-corrected chi connectivity index (χ0v) is 9.92. The van der Waals surface area contributed by atoms with E-state index in [0.29, 0.717) is 0 Å². The molecule has 0 saturated heterocycles. The summed E-state index contributed by atoms with van der Waals surface area (Å²) >= 11 is 0. The highest BCUT2D eigenvalue weighted by molar-refractivity contribution is 6.43. The van der Waals surface area contributed by atoms with Gasteiger partial charge in [0.1, 0.15) is 5.78 Å². The lowest BCUT2D eigenvalue weighted by Gasteiger charge is -2.35. The number of carbonyl (C=O) groups is 5. The molecule has 1 aliphatic carbocycles. The second-order valence-corrected chi connectivity index (χ2v) is 4.38. The molecule has 0 heterocycles. The number of carboxylic acids is 2. The molecule has 0 spiro atoms. The minimum atomic E-state index is -2.45. The van der Waals surface area contributed by atoms with Gasteiger partial charge in [-0.25, -0.2) is 4.79 Å². The predicted molar refractivity (Wildman–Crippen MR) is 59.2 cm³/mol. The minimum absolute atomic E-state index is 0.158. The number of hydrogen-bond donors (Lipinski definition) is 3. The first-order valence-electron chi connectivity index (χ1n) is 5.55. The lowest BCUT2D eigenvalue weighted by atomic mass is 9.67. The van der Waals surface area contributed by atoms with Gasteiger partial charge in [-0.15, -0.1) is 0 Å². The molecule has 104 valence electrons. The van der Waals surface area contributed by atoms with Gasteiger partial charge in [0, 0.05) is 19.3 Å². The highest BCUT2D eigenvalue weighted by Gasteiger charge is 2.55. The summed E-state index contributed by atoms with van der Waals surface area (Å²) in [6.45, 7) is 0. The van der Waals surface area contributed by atoms with Crippen LogP contribution in [0.5, 0.6) is 0 Å². The van der Waals surface area contributed by atoms with E-state index in [0.717, 1.165) is 0 Å². The molecule has 0 aromatic rings. The van der Waals surface area contributed by atoms with Crippen LogP contribution in [-0.4, -0.2) is 45.0 Å². The lowest BCUT2D eigenvalue weighted by molar-refractivity contribution is -0.158. The third-order valence-electron chi connectivity index (χ3n) is 3.22. The number of hydrogen-bond acceptors (Lipinski definition) is 6. The van der Waals surface area contributed by atoms with Crippen LogP contribution >= 0.6 is 0 Å². The summed E-state index contributed by atoms with van der Waals surface area (Å²) in [5, 5.41) is 17.3. The van der Waals surface area contributed by atoms with Gasteiger partial charge in [-0.1, -0.05) is 0 Å². The Morgan fingerprint density at radius 3 is 2.26 bits per heavy atom. The minimum Gasteiger partial charge on any atom is -0.481 e.